The molecule has 1 heterocycles. The SMILES string of the molecule is O=C(O)C1=CC=CC(C(=O)O)S1. The van der Waals surface area contributed by atoms with E-state index < -0.39 is 17.2 Å². The van der Waals surface area contributed by atoms with Crippen LogP contribution in [0.15, 0.2) is 23.1 Å². The number of allylic oxidation sites excluding steroid dienone is 2. The first kappa shape index (κ1) is 8.86. The van der Waals surface area contributed by atoms with Crippen molar-refractivity contribution in [1.29, 1.82) is 0 Å². The molecule has 1 unspecified atom stereocenters. The Morgan fingerprint density at radius 3 is 2.58 bits per heavy atom. The molecule has 0 spiro atoms. The van der Waals surface area contributed by atoms with Crippen molar-refractivity contribution in [2.45, 2.75) is 5.25 Å². The zero-order chi connectivity index (χ0) is 9.14. The lowest BCUT2D eigenvalue weighted by Gasteiger charge is -2.10. The predicted octanol–water partition coefficient (Wildman–Crippen LogP) is 0.711. The molecule has 1 aliphatic heterocycles. The van der Waals surface area contributed by atoms with Crippen LogP contribution in [-0.2, 0) is 9.59 Å². The number of hydrogen-bond donors (Lipinski definition) is 2. The molecule has 0 saturated carbocycles. The van der Waals surface area contributed by atoms with E-state index in [1.165, 1.54) is 18.2 Å². The van der Waals surface area contributed by atoms with Crippen LogP contribution in [0.3, 0.4) is 0 Å². The zero-order valence-electron chi connectivity index (χ0n) is 5.93. The van der Waals surface area contributed by atoms with Crippen LogP contribution < -0.4 is 0 Å². The molecule has 1 aliphatic rings. The van der Waals surface area contributed by atoms with Gasteiger partial charge in [0.2, 0.25) is 0 Å². The summed E-state index contributed by atoms with van der Waals surface area (Å²) in [6, 6.07) is 0. The van der Waals surface area contributed by atoms with Gasteiger partial charge in [0.25, 0.3) is 0 Å². The topological polar surface area (TPSA) is 74.6 Å². The van der Waals surface area contributed by atoms with E-state index in [0.29, 0.717) is 0 Å². The predicted molar refractivity (Wildman–Crippen MR) is 43.9 cm³/mol. The second-order valence-corrected chi connectivity index (χ2v) is 3.28. The van der Waals surface area contributed by atoms with Crippen LogP contribution in [0.25, 0.3) is 0 Å². The molecule has 4 nitrogen and oxygen atoms in total. The third-order valence-corrected chi connectivity index (χ3v) is 2.42. The van der Waals surface area contributed by atoms with Crippen molar-refractivity contribution in [3.05, 3.63) is 23.1 Å². The summed E-state index contributed by atoms with van der Waals surface area (Å²) in [5.74, 6) is -2.11. The molecule has 0 aromatic heterocycles. The minimum Gasteiger partial charge on any atom is -0.480 e. The Morgan fingerprint density at radius 2 is 2.08 bits per heavy atom. The van der Waals surface area contributed by atoms with E-state index in [1.807, 2.05) is 0 Å². The van der Waals surface area contributed by atoms with Crippen LogP contribution in [0, 0.1) is 0 Å². The lowest BCUT2D eigenvalue weighted by molar-refractivity contribution is -0.135. The number of rotatable bonds is 2. The summed E-state index contributed by atoms with van der Waals surface area (Å²) >= 11 is 0.823. The van der Waals surface area contributed by atoms with Gasteiger partial charge in [-0.15, -0.1) is 0 Å². The minimum absolute atomic E-state index is 0.0601. The number of hydrogen-bond acceptors (Lipinski definition) is 3. The third-order valence-electron chi connectivity index (χ3n) is 1.24. The van der Waals surface area contributed by atoms with E-state index in [9.17, 15) is 9.59 Å². The fraction of sp³-hybridized carbons (Fsp3) is 0.143. The average molecular weight is 186 g/mol. The number of carboxylic acid groups (broad SMARTS) is 2. The molecule has 1 rings (SSSR count). The highest BCUT2D eigenvalue weighted by molar-refractivity contribution is 8.05. The Hall–Kier alpha value is -1.23. The molecular weight excluding hydrogens is 180 g/mol. The van der Waals surface area contributed by atoms with E-state index in [0.717, 1.165) is 11.8 Å². The van der Waals surface area contributed by atoms with Gasteiger partial charge in [0.05, 0.1) is 4.91 Å². The van der Waals surface area contributed by atoms with Gasteiger partial charge >= 0.3 is 11.9 Å². The maximum absolute atomic E-state index is 10.4. The van der Waals surface area contributed by atoms with Crippen molar-refractivity contribution in [3.8, 4) is 0 Å². The smallest absolute Gasteiger partial charge is 0.342 e. The molecule has 0 saturated heterocycles. The molecule has 64 valence electrons. The summed E-state index contributed by atoms with van der Waals surface area (Å²) in [5, 5.41) is 16.3. The number of aliphatic carboxylic acids is 2. The Labute approximate surface area is 72.6 Å². The van der Waals surface area contributed by atoms with Crippen LogP contribution in [-0.4, -0.2) is 27.4 Å². The molecule has 0 aliphatic carbocycles. The summed E-state index contributed by atoms with van der Waals surface area (Å²) in [7, 11) is 0. The first-order valence-electron chi connectivity index (χ1n) is 3.12. The average Bonchev–Trinajstić information content (AvgIpc) is 2.04. The molecule has 0 aromatic carbocycles. The maximum atomic E-state index is 10.4. The Balaban J connectivity index is 2.74. The molecule has 2 N–H and O–H groups in total. The first-order chi connectivity index (χ1) is 5.61. The number of carboxylic acids is 2. The highest BCUT2D eigenvalue weighted by Crippen LogP contribution is 2.26. The fourth-order valence-corrected chi connectivity index (χ4v) is 1.52. The zero-order valence-corrected chi connectivity index (χ0v) is 6.75. The summed E-state index contributed by atoms with van der Waals surface area (Å²) < 4.78 is 0. The highest BCUT2D eigenvalue weighted by atomic mass is 32.2. The highest BCUT2D eigenvalue weighted by Gasteiger charge is 2.22. The third kappa shape index (κ3) is 1.88. The van der Waals surface area contributed by atoms with Gasteiger partial charge in [0.1, 0.15) is 5.25 Å². The van der Waals surface area contributed by atoms with Crippen molar-refractivity contribution < 1.29 is 19.8 Å². The lowest BCUT2D eigenvalue weighted by atomic mass is 10.3. The fourth-order valence-electron chi connectivity index (χ4n) is 0.714. The molecule has 0 fully saturated rings. The summed E-state index contributed by atoms with van der Waals surface area (Å²) in [6.45, 7) is 0. The lowest BCUT2D eigenvalue weighted by Crippen LogP contribution is -2.16. The Morgan fingerprint density at radius 1 is 1.42 bits per heavy atom. The summed E-state index contributed by atoms with van der Waals surface area (Å²) in [4.78, 5) is 20.9. The van der Waals surface area contributed by atoms with Crippen LogP contribution in [0.5, 0.6) is 0 Å². The molecular formula is C7H6O4S. The quantitative estimate of drug-likeness (QED) is 0.664. The second kappa shape index (κ2) is 3.44. The molecule has 1 atom stereocenters. The van der Waals surface area contributed by atoms with Crippen molar-refractivity contribution in [3.63, 3.8) is 0 Å². The van der Waals surface area contributed by atoms with Crippen molar-refractivity contribution in [2.75, 3.05) is 0 Å². The normalized spacial score (nSPS) is 21.7. The van der Waals surface area contributed by atoms with E-state index >= 15 is 0 Å². The monoisotopic (exact) mass is 186 g/mol. The van der Waals surface area contributed by atoms with Gasteiger partial charge in [-0.2, -0.15) is 0 Å². The molecule has 12 heavy (non-hydrogen) atoms. The number of thioether (sulfide) groups is 1. The van der Waals surface area contributed by atoms with Gasteiger partial charge in [-0.05, 0) is 6.08 Å². The van der Waals surface area contributed by atoms with Crippen molar-refractivity contribution >= 4 is 23.7 Å². The van der Waals surface area contributed by atoms with Gasteiger partial charge in [-0.25, -0.2) is 4.79 Å². The van der Waals surface area contributed by atoms with Crippen LogP contribution in [0.4, 0.5) is 0 Å². The van der Waals surface area contributed by atoms with E-state index in [1.54, 1.807) is 0 Å². The number of carbonyl (C=O) groups is 2. The van der Waals surface area contributed by atoms with Crippen LogP contribution >= 0.6 is 11.8 Å². The van der Waals surface area contributed by atoms with Crippen molar-refractivity contribution in [1.82, 2.24) is 0 Å². The minimum atomic E-state index is -1.09. The van der Waals surface area contributed by atoms with Gasteiger partial charge in [-0.3, -0.25) is 4.79 Å². The van der Waals surface area contributed by atoms with Crippen molar-refractivity contribution in [2.24, 2.45) is 0 Å². The van der Waals surface area contributed by atoms with Crippen LogP contribution in [0.2, 0.25) is 0 Å². The van der Waals surface area contributed by atoms with Gasteiger partial charge in [0, 0.05) is 0 Å². The Kier molecular flexibility index (Phi) is 2.54. The molecule has 5 heteroatoms. The van der Waals surface area contributed by atoms with Gasteiger partial charge in [-0.1, -0.05) is 23.9 Å². The summed E-state index contributed by atoms with van der Waals surface area (Å²) in [6.07, 6.45) is 4.27. The standard InChI is InChI=1S/C7H6O4S/c8-6(9)4-2-1-3-5(12-4)7(10)11/h1-4H,(H,8,9)(H,10,11). The first-order valence-corrected chi connectivity index (χ1v) is 4.00. The molecule has 0 amide bonds. The molecule has 0 bridgehead atoms. The summed E-state index contributed by atoms with van der Waals surface area (Å²) in [5.41, 5.74) is 0. The van der Waals surface area contributed by atoms with E-state index in [-0.39, 0.29) is 4.91 Å². The largest absolute Gasteiger partial charge is 0.480 e. The van der Waals surface area contributed by atoms with Crippen LogP contribution in [0.1, 0.15) is 0 Å². The van der Waals surface area contributed by atoms with E-state index in [4.69, 9.17) is 10.2 Å². The van der Waals surface area contributed by atoms with Gasteiger partial charge < -0.3 is 10.2 Å². The van der Waals surface area contributed by atoms with E-state index in [2.05, 4.69) is 0 Å². The Bertz CT molecular complexity index is 279. The maximum Gasteiger partial charge on any atom is 0.342 e. The van der Waals surface area contributed by atoms with Gasteiger partial charge in [0.15, 0.2) is 0 Å². The molecule has 0 aromatic rings. The second-order valence-electron chi connectivity index (χ2n) is 2.10. The molecule has 0 radical (unpaired) electrons.